The third-order valence-corrected chi connectivity index (χ3v) is 4.49. The molecule has 4 nitrogen and oxygen atoms in total. The predicted octanol–water partition coefficient (Wildman–Crippen LogP) is 3.35. The fourth-order valence-electron chi connectivity index (χ4n) is 2.99. The van der Waals surface area contributed by atoms with Gasteiger partial charge in [-0.1, -0.05) is 13.8 Å². The summed E-state index contributed by atoms with van der Waals surface area (Å²) in [5.41, 5.74) is 1.63. The van der Waals surface area contributed by atoms with Crippen molar-refractivity contribution in [2.24, 2.45) is 5.41 Å². The molecule has 2 rings (SSSR count). The number of likely N-dealkylation sites (tertiary alicyclic amines) is 1. The fourth-order valence-corrected chi connectivity index (χ4v) is 2.99. The van der Waals surface area contributed by atoms with Gasteiger partial charge in [0.05, 0.1) is 5.56 Å². The average molecular weight is 289 g/mol. The van der Waals surface area contributed by atoms with Crippen LogP contribution in [-0.4, -0.2) is 35.0 Å². The van der Waals surface area contributed by atoms with E-state index in [2.05, 4.69) is 13.8 Å². The van der Waals surface area contributed by atoms with Crippen LogP contribution >= 0.6 is 0 Å². The summed E-state index contributed by atoms with van der Waals surface area (Å²) in [5.74, 6) is -1.05. The van der Waals surface area contributed by atoms with Crippen molar-refractivity contribution in [1.29, 1.82) is 0 Å². The van der Waals surface area contributed by atoms with E-state index in [-0.39, 0.29) is 16.9 Å². The van der Waals surface area contributed by atoms with Crippen LogP contribution in [0.5, 0.6) is 0 Å². The number of aromatic carboxylic acids is 1. The molecule has 0 bridgehead atoms. The van der Waals surface area contributed by atoms with Gasteiger partial charge in [0.2, 0.25) is 0 Å². The predicted molar refractivity (Wildman–Crippen MR) is 81.7 cm³/mol. The molecular formula is C17H23NO3. The van der Waals surface area contributed by atoms with E-state index in [9.17, 15) is 9.59 Å². The van der Waals surface area contributed by atoms with Crippen LogP contribution in [0.25, 0.3) is 0 Å². The number of nitrogens with zero attached hydrogens (tertiary/aromatic N) is 1. The lowest BCUT2D eigenvalue weighted by atomic mass is 9.79. The standard InChI is InChI=1S/C17H23NO3/c1-4-17(3)6-5-7-18(11-17)15(19)13-8-12(2)9-14(10-13)16(20)21/h8-10H,4-7,11H2,1-3H3,(H,20,21). The number of benzene rings is 1. The minimum absolute atomic E-state index is 0.0550. The minimum Gasteiger partial charge on any atom is -0.478 e. The highest BCUT2D eigenvalue weighted by Gasteiger charge is 2.32. The van der Waals surface area contributed by atoms with Gasteiger partial charge in [-0.3, -0.25) is 4.79 Å². The van der Waals surface area contributed by atoms with Gasteiger partial charge in [0.25, 0.3) is 5.91 Å². The molecule has 1 N–H and O–H groups in total. The Morgan fingerprint density at radius 2 is 1.95 bits per heavy atom. The minimum atomic E-state index is -0.996. The van der Waals surface area contributed by atoms with E-state index in [1.165, 1.54) is 6.07 Å². The molecule has 1 aromatic carbocycles. The molecule has 0 aromatic heterocycles. The highest BCUT2D eigenvalue weighted by atomic mass is 16.4. The third-order valence-electron chi connectivity index (χ3n) is 4.49. The number of amides is 1. The lowest BCUT2D eigenvalue weighted by Crippen LogP contribution is -2.44. The van der Waals surface area contributed by atoms with Crippen molar-refractivity contribution in [2.75, 3.05) is 13.1 Å². The largest absolute Gasteiger partial charge is 0.478 e. The first-order chi connectivity index (χ1) is 9.84. The zero-order chi connectivity index (χ0) is 15.6. The summed E-state index contributed by atoms with van der Waals surface area (Å²) in [6, 6.07) is 4.84. The number of carboxylic acids is 1. The third kappa shape index (κ3) is 3.43. The molecule has 0 radical (unpaired) electrons. The first kappa shape index (κ1) is 15.5. The molecule has 0 aliphatic carbocycles. The van der Waals surface area contributed by atoms with Gasteiger partial charge in [-0.15, -0.1) is 0 Å². The van der Waals surface area contributed by atoms with Crippen molar-refractivity contribution in [3.05, 3.63) is 34.9 Å². The number of aryl methyl sites for hydroxylation is 1. The number of carboxylic acid groups (broad SMARTS) is 1. The van der Waals surface area contributed by atoms with Crippen molar-refractivity contribution in [2.45, 2.75) is 40.0 Å². The molecule has 114 valence electrons. The van der Waals surface area contributed by atoms with E-state index in [1.807, 2.05) is 11.8 Å². The van der Waals surface area contributed by atoms with E-state index in [0.717, 1.165) is 37.9 Å². The Bertz CT molecular complexity index is 567. The number of rotatable bonds is 3. The Balaban J connectivity index is 2.25. The van der Waals surface area contributed by atoms with Gasteiger partial charge in [-0.25, -0.2) is 4.79 Å². The van der Waals surface area contributed by atoms with E-state index >= 15 is 0 Å². The Labute approximate surface area is 125 Å². The zero-order valence-electron chi connectivity index (χ0n) is 13.0. The molecule has 0 saturated carbocycles. The van der Waals surface area contributed by atoms with Crippen molar-refractivity contribution < 1.29 is 14.7 Å². The molecule has 1 fully saturated rings. The smallest absolute Gasteiger partial charge is 0.335 e. The number of hydrogen-bond acceptors (Lipinski definition) is 2. The SMILES string of the molecule is CCC1(C)CCCN(C(=O)c2cc(C)cc(C(=O)O)c2)C1. The molecule has 1 aromatic rings. The van der Waals surface area contributed by atoms with Crippen LogP contribution in [-0.2, 0) is 0 Å². The summed E-state index contributed by atoms with van der Waals surface area (Å²) in [6.45, 7) is 7.69. The molecule has 4 heteroatoms. The van der Waals surface area contributed by atoms with E-state index in [1.54, 1.807) is 12.1 Å². The average Bonchev–Trinajstić information content (AvgIpc) is 2.46. The first-order valence-electron chi connectivity index (χ1n) is 7.49. The molecule has 1 heterocycles. The van der Waals surface area contributed by atoms with Crippen LogP contribution < -0.4 is 0 Å². The first-order valence-corrected chi connectivity index (χ1v) is 7.49. The maximum atomic E-state index is 12.7. The number of hydrogen-bond donors (Lipinski definition) is 1. The lowest BCUT2D eigenvalue weighted by Gasteiger charge is -2.40. The van der Waals surface area contributed by atoms with Crippen LogP contribution in [0.2, 0.25) is 0 Å². The van der Waals surface area contributed by atoms with Crippen molar-refractivity contribution in [3.8, 4) is 0 Å². The van der Waals surface area contributed by atoms with Crippen LogP contribution in [0.4, 0.5) is 0 Å². The summed E-state index contributed by atoms with van der Waals surface area (Å²) >= 11 is 0. The molecule has 1 amide bonds. The van der Waals surface area contributed by atoms with Gasteiger partial charge in [-0.05, 0) is 55.4 Å². The van der Waals surface area contributed by atoms with Crippen LogP contribution in [0.3, 0.4) is 0 Å². The second-order valence-corrected chi connectivity index (χ2v) is 6.39. The van der Waals surface area contributed by atoms with Gasteiger partial charge in [0.1, 0.15) is 0 Å². The van der Waals surface area contributed by atoms with Gasteiger partial charge < -0.3 is 10.0 Å². The van der Waals surface area contributed by atoms with Crippen molar-refractivity contribution in [3.63, 3.8) is 0 Å². The highest BCUT2D eigenvalue weighted by molar-refractivity contribution is 5.97. The maximum absolute atomic E-state index is 12.7. The Morgan fingerprint density at radius 1 is 1.29 bits per heavy atom. The molecule has 1 aliphatic rings. The van der Waals surface area contributed by atoms with Gasteiger partial charge in [-0.2, -0.15) is 0 Å². The fraction of sp³-hybridized carbons (Fsp3) is 0.529. The molecule has 0 spiro atoms. The van der Waals surface area contributed by atoms with Crippen LogP contribution in [0.15, 0.2) is 18.2 Å². The van der Waals surface area contributed by atoms with Crippen molar-refractivity contribution >= 4 is 11.9 Å². The number of carbonyl (C=O) groups excluding carboxylic acids is 1. The van der Waals surface area contributed by atoms with Gasteiger partial charge in [0.15, 0.2) is 0 Å². The molecule has 1 atom stereocenters. The summed E-state index contributed by atoms with van der Waals surface area (Å²) in [7, 11) is 0. The topological polar surface area (TPSA) is 57.6 Å². The number of carbonyl (C=O) groups is 2. The van der Waals surface area contributed by atoms with Crippen LogP contribution in [0, 0.1) is 12.3 Å². The molecule has 21 heavy (non-hydrogen) atoms. The second kappa shape index (κ2) is 5.88. The van der Waals surface area contributed by atoms with Crippen molar-refractivity contribution in [1.82, 2.24) is 4.90 Å². The maximum Gasteiger partial charge on any atom is 0.335 e. The summed E-state index contributed by atoms with van der Waals surface area (Å²) in [4.78, 5) is 25.7. The van der Waals surface area contributed by atoms with Crippen LogP contribution in [0.1, 0.15) is 59.4 Å². The normalized spacial score (nSPS) is 22.1. The van der Waals surface area contributed by atoms with E-state index in [0.29, 0.717) is 5.56 Å². The molecule has 1 unspecified atom stereocenters. The Morgan fingerprint density at radius 3 is 2.57 bits per heavy atom. The summed E-state index contributed by atoms with van der Waals surface area (Å²) in [5, 5.41) is 9.12. The summed E-state index contributed by atoms with van der Waals surface area (Å²) < 4.78 is 0. The Hall–Kier alpha value is -1.84. The second-order valence-electron chi connectivity index (χ2n) is 6.39. The van der Waals surface area contributed by atoms with Gasteiger partial charge in [0, 0.05) is 18.7 Å². The summed E-state index contributed by atoms with van der Waals surface area (Å²) in [6.07, 6.45) is 3.19. The molecular weight excluding hydrogens is 266 g/mol. The Kier molecular flexibility index (Phi) is 4.35. The quantitative estimate of drug-likeness (QED) is 0.928. The van der Waals surface area contributed by atoms with E-state index in [4.69, 9.17) is 5.11 Å². The molecule has 1 aliphatic heterocycles. The highest BCUT2D eigenvalue weighted by Crippen LogP contribution is 2.33. The zero-order valence-corrected chi connectivity index (χ0v) is 13.0. The van der Waals surface area contributed by atoms with E-state index < -0.39 is 5.97 Å². The number of piperidine rings is 1. The lowest BCUT2D eigenvalue weighted by molar-refractivity contribution is 0.0542. The van der Waals surface area contributed by atoms with Gasteiger partial charge >= 0.3 is 5.97 Å². The monoisotopic (exact) mass is 289 g/mol. The molecule has 1 saturated heterocycles.